The number of aliphatic imine (C=N–C) groups is 1. The first-order valence-corrected chi connectivity index (χ1v) is 9.16. The van der Waals surface area contributed by atoms with Crippen molar-refractivity contribution in [2.24, 2.45) is 4.99 Å². The molecule has 0 unspecified atom stereocenters. The average Bonchev–Trinajstić information content (AvgIpc) is 2.58. The Hall–Kier alpha value is -1.46. The van der Waals surface area contributed by atoms with E-state index < -0.39 is 0 Å². The van der Waals surface area contributed by atoms with E-state index in [1.54, 1.807) is 0 Å². The van der Waals surface area contributed by atoms with E-state index in [1.807, 2.05) is 19.2 Å². The minimum atomic E-state index is 0.399. The minimum Gasteiger partial charge on any atom is -0.369 e. The van der Waals surface area contributed by atoms with Gasteiger partial charge in [-0.25, -0.2) is 0 Å². The summed E-state index contributed by atoms with van der Waals surface area (Å²) < 4.78 is 0. The molecule has 1 aromatic rings. The molecule has 1 saturated heterocycles. The highest BCUT2D eigenvalue weighted by atomic mass is 35.5. The molecule has 0 aromatic heterocycles. The maximum atomic E-state index is 6.09. The largest absolute Gasteiger partial charge is 0.369 e. The lowest BCUT2D eigenvalue weighted by atomic mass is 10.2. The van der Waals surface area contributed by atoms with Gasteiger partial charge in [0, 0.05) is 56.5 Å². The van der Waals surface area contributed by atoms with Gasteiger partial charge in [0.15, 0.2) is 5.96 Å². The van der Waals surface area contributed by atoms with E-state index in [0.29, 0.717) is 6.04 Å². The molecular formula is C18H30ClN5. The molecule has 24 heavy (non-hydrogen) atoms. The number of piperazine rings is 1. The van der Waals surface area contributed by atoms with E-state index >= 15 is 0 Å². The summed E-state index contributed by atoms with van der Waals surface area (Å²) in [5.41, 5.74) is 1.23. The second-order valence-electron chi connectivity index (χ2n) is 6.46. The predicted molar refractivity (Wildman–Crippen MR) is 104 cm³/mol. The fourth-order valence-corrected chi connectivity index (χ4v) is 3.06. The number of rotatable bonds is 6. The Kier molecular flexibility index (Phi) is 7.66. The van der Waals surface area contributed by atoms with Crippen molar-refractivity contribution < 1.29 is 0 Å². The van der Waals surface area contributed by atoms with Crippen LogP contribution >= 0.6 is 11.6 Å². The highest BCUT2D eigenvalue weighted by Gasteiger charge is 2.16. The van der Waals surface area contributed by atoms with Crippen LogP contribution in [0.3, 0.4) is 0 Å². The van der Waals surface area contributed by atoms with E-state index in [4.69, 9.17) is 11.6 Å². The smallest absolute Gasteiger partial charge is 0.191 e. The number of nitrogens with one attached hydrogen (secondary N) is 2. The maximum absolute atomic E-state index is 6.09. The summed E-state index contributed by atoms with van der Waals surface area (Å²) in [6.07, 6.45) is 1.12. The molecule has 5 nitrogen and oxygen atoms in total. The first-order valence-electron chi connectivity index (χ1n) is 8.78. The molecule has 6 heteroatoms. The van der Waals surface area contributed by atoms with Gasteiger partial charge in [0.05, 0.1) is 0 Å². The Balaban J connectivity index is 1.65. The van der Waals surface area contributed by atoms with Crippen LogP contribution in [-0.2, 0) is 0 Å². The highest BCUT2D eigenvalue weighted by Crippen LogP contribution is 2.20. The van der Waals surface area contributed by atoms with Gasteiger partial charge < -0.3 is 15.5 Å². The number of halogens is 1. The molecule has 1 aromatic carbocycles. The lowest BCUT2D eigenvalue weighted by Gasteiger charge is -2.36. The molecule has 0 bridgehead atoms. The summed E-state index contributed by atoms with van der Waals surface area (Å²) in [5.74, 6) is 0.885. The number of hydrogen-bond acceptors (Lipinski definition) is 3. The third-order valence-electron chi connectivity index (χ3n) is 4.14. The van der Waals surface area contributed by atoms with E-state index in [0.717, 1.165) is 56.7 Å². The normalized spacial score (nSPS) is 16.5. The van der Waals surface area contributed by atoms with Gasteiger partial charge in [-0.1, -0.05) is 17.7 Å². The minimum absolute atomic E-state index is 0.399. The monoisotopic (exact) mass is 351 g/mol. The zero-order chi connectivity index (χ0) is 17.4. The van der Waals surface area contributed by atoms with Crippen molar-refractivity contribution in [3.05, 3.63) is 29.3 Å². The van der Waals surface area contributed by atoms with Crippen LogP contribution in [0.1, 0.15) is 20.3 Å². The molecule has 2 N–H and O–H groups in total. The maximum Gasteiger partial charge on any atom is 0.191 e. The van der Waals surface area contributed by atoms with Crippen molar-refractivity contribution in [3.63, 3.8) is 0 Å². The van der Waals surface area contributed by atoms with Crippen LogP contribution < -0.4 is 15.5 Å². The van der Waals surface area contributed by atoms with Crippen molar-refractivity contribution in [1.82, 2.24) is 15.5 Å². The quantitative estimate of drug-likeness (QED) is 0.469. The number of benzene rings is 1. The SMILES string of the molecule is CN=C(NCCCN1CCN(c2cccc(Cl)c2)CC1)NC(C)C. The standard InChI is InChI=1S/C18H30ClN5/c1-15(2)22-18(20-3)21-8-5-9-23-10-12-24(13-11-23)17-7-4-6-16(19)14-17/h4,6-7,14-15H,5,8-13H2,1-3H3,(H2,20,21,22). The van der Waals surface area contributed by atoms with Gasteiger partial charge in [0.25, 0.3) is 0 Å². The Morgan fingerprint density at radius 2 is 2.00 bits per heavy atom. The summed E-state index contributed by atoms with van der Waals surface area (Å²) in [4.78, 5) is 9.17. The van der Waals surface area contributed by atoms with Gasteiger partial charge in [0.2, 0.25) is 0 Å². The number of anilines is 1. The summed E-state index contributed by atoms with van der Waals surface area (Å²) in [6.45, 7) is 10.6. The Morgan fingerprint density at radius 3 is 2.62 bits per heavy atom. The predicted octanol–water partition coefficient (Wildman–Crippen LogP) is 2.43. The average molecular weight is 352 g/mol. The van der Waals surface area contributed by atoms with Crippen molar-refractivity contribution in [1.29, 1.82) is 0 Å². The molecule has 1 fully saturated rings. The van der Waals surface area contributed by atoms with Crippen molar-refractivity contribution in [2.75, 3.05) is 51.2 Å². The van der Waals surface area contributed by atoms with E-state index in [1.165, 1.54) is 5.69 Å². The fourth-order valence-electron chi connectivity index (χ4n) is 2.88. The molecule has 0 spiro atoms. The van der Waals surface area contributed by atoms with Crippen molar-refractivity contribution >= 4 is 23.2 Å². The van der Waals surface area contributed by atoms with Crippen molar-refractivity contribution in [3.8, 4) is 0 Å². The van der Waals surface area contributed by atoms with Gasteiger partial charge in [0.1, 0.15) is 0 Å². The third-order valence-corrected chi connectivity index (χ3v) is 4.37. The van der Waals surface area contributed by atoms with E-state index in [9.17, 15) is 0 Å². The molecular weight excluding hydrogens is 322 g/mol. The summed E-state index contributed by atoms with van der Waals surface area (Å²) >= 11 is 6.09. The van der Waals surface area contributed by atoms with E-state index in [2.05, 4.69) is 51.4 Å². The molecule has 1 aliphatic heterocycles. The first-order chi connectivity index (χ1) is 11.6. The Labute approximate surface area is 151 Å². The molecule has 1 heterocycles. The number of guanidine groups is 1. The fraction of sp³-hybridized carbons (Fsp3) is 0.611. The molecule has 0 saturated carbocycles. The number of hydrogen-bond donors (Lipinski definition) is 2. The van der Waals surface area contributed by atoms with Crippen LogP contribution in [-0.4, -0.2) is 63.2 Å². The van der Waals surface area contributed by atoms with Gasteiger partial charge in [-0.15, -0.1) is 0 Å². The zero-order valence-corrected chi connectivity index (χ0v) is 15.8. The van der Waals surface area contributed by atoms with Gasteiger partial charge in [-0.2, -0.15) is 0 Å². The van der Waals surface area contributed by atoms with Gasteiger partial charge >= 0.3 is 0 Å². The second kappa shape index (κ2) is 9.74. The van der Waals surface area contributed by atoms with Gasteiger partial charge in [-0.05, 0) is 45.0 Å². The lowest BCUT2D eigenvalue weighted by Crippen LogP contribution is -2.47. The first kappa shape index (κ1) is 18.9. The molecule has 0 atom stereocenters. The summed E-state index contributed by atoms with van der Waals surface area (Å²) in [6, 6.07) is 8.54. The van der Waals surface area contributed by atoms with Crippen LogP contribution in [0.2, 0.25) is 5.02 Å². The second-order valence-corrected chi connectivity index (χ2v) is 6.90. The zero-order valence-electron chi connectivity index (χ0n) is 15.1. The molecule has 0 radical (unpaired) electrons. The number of nitrogens with zero attached hydrogens (tertiary/aromatic N) is 3. The third kappa shape index (κ3) is 6.21. The Morgan fingerprint density at radius 1 is 1.25 bits per heavy atom. The highest BCUT2D eigenvalue weighted by molar-refractivity contribution is 6.30. The molecule has 2 rings (SSSR count). The van der Waals surface area contributed by atoms with Gasteiger partial charge in [-0.3, -0.25) is 9.89 Å². The lowest BCUT2D eigenvalue weighted by molar-refractivity contribution is 0.255. The topological polar surface area (TPSA) is 42.9 Å². The molecule has 134 valence electrons. The van der Waals surface area contributed by atoms with E-state index in [-0.39, 0.29) is 0 Å². The van der Waals surface area contributed by atoms with Crippen LogP contribution in [0.25, 0.3) is 0 Å². The van der Waals surface area contributed by atoms with Crippen LogP contribution in [0.4, 0.5) is 5.69 Å². The molecule has 1 aliphatic rings. The molecule has 0 aliphatic carbocycles. The summed E-state index contributed by atoms with van der Waals surface area (Å²) in [7, 11) is 1.81. The van der Waals surface area contributed by atoms with Crippen molar-refractivity contribution in [2.45, 2.75) is 26.3 Å². The van der Waals surface area contributed by atoms with Crippen LogP contribution in [0.15, 0.2) is 29.3 Å². The van der Waals surface area contributed by atoms with Crippen LogP contribution in [0.5, 0.6) is 0 Å². The summed E-state index contributed by atoms with van der Waals surface area (Å²) in [5, 5.41) is 7.48. The van der Waals surface area contributed by atoms with Crippen LogP contribution in [0, 0.1) is 0 Å². The molecule has 0 amide bonds. The Bertz CT molecular complexity index is 524.